The van der Waals surface area contributed by atoms with Gasteiger partial charge in [0.25, 0.3) is 0 Å². The Morgan fingerprint density at radius 1 is 1.37 bits per heavy atom. The third-order valence-corrected chi connectivity index (χ3v) is 2.85. The molecule has 2 aromatic rings. The first-order valence-electron chi connectivity index (χ1n) is 6.58. The Hall–Kier alpha value is -1.81. The highest BCUT2D eigenvalue weighted by Gasteiger charge is 2.04. The van der Waals surface area contributed by atoms with Crippen LogP contribution in [0.15, 0.2) is 30.5 Å². The molecule has 2 rings (SSSR count). The minimum Gasteiger partial charge on any atom is -0.497 e. The average molecular weight is 259 g/mol. The number of ether oxygens (including phenoxy) is 1. The van der Waals surface area contributed by atoms with Crippen molar-refractivity contribution in [1.82, 2.24) is 15.3 Å². The maximum Gasteiger partial charge on any atom is 0.120 e. The molecular weight excluding hydrogens is 238 g/mol. The minimum atomic E-state index is 0.646. The molecule has 0 unspecified atom stereocenters. The zero-order chi connectivity index (χ0) is 13.7. The quantitative estimate of drug-likeness (QED) is 0.838. The van der Waals surface area contributed by atoms with Gasteiger partial charge in [0, 0.05) is 5.56 Å². The highest BCUT2D eigenvalue weighted by atomic mass is 16.5. The van der Waals surface area contributed by atoms with Crippen molar-refractivity contribution < 1.29 is 4.74 Å². The molecule has 0 atom stereocenters. The molecule has 102 valence electrons. The number of imidazole rings is 1. The van der Waals surface area contributed by atoms with Gasteiger partial charge in [-0.2, -0.15) is 0 Å². The molecule has 0 spiro atoms. The third-order valence-electron chi connectivity index (χ3n) is 2.85. The number of benzene rings is 1. The smallest absolute Gasteiger partial charge is 0.120 e. The van der Waals surface area contributed by atoms with Crippen molar-refractivity contribution in [1.29, 1.82) is 0 Å². The largest absolute Gasteiger partial charge is 0.497 e. The van der Waals surface area contributed by atoms with E-state index in [-0.39, 0.29) is 0 Å². The fourth-order valence-electron chi connectivity index (χ4n) is 1.87. The molecule has 19 heavy (non-hydrogen) atoms. The van der Waals surface area contributed by atoms with E-state index in [1.54, 1.807) is 7.11 Å². The van der Waals surface area contributed by atoms with Crippen molar-refractivity contribution in [3.05, 3.63) is 36.3 Å². The van der Waals surface area contributed by atoms with Crippen LogP contribution >= 0.6 is 0 Å². The summed E-state index contributed by atoms with van der Waals surface area (Å²) in [5.41, 5.74) is 2.10. The van der Waals surface area contributed by atoms with Crippen LogP contribution in [0.2, 0.25) is 0 Å². The molecule has 0 saturated heterocycles. The SMILES string of the molecule is COc1cccc(-c2cnc(CNCC(C)C)[nH]2)c1. The molecule has 1 heterocycles. The summed E-state index contributed by atoms with van der Waals surface area (Å²) in [6, 6.07) is 7.96. The van der Waals surface area contributed by atoms with Crippen LogP contribution in [-0.2, 0) is 6.54 Å². The summed E-state index contributed by atoms with van der Waals surface area (Å²) < 4.78 is 5.23. The zero-order valence-corrected chi connectivity index (χ0v) is 11.7. The highest BCUT2D eigenvalue weighted by molar-refractivity contribution is 5.60. The summed E-state index contributed by atoms with van der Waals surface area (Å²) in [7, 11) is 1.67. The molecule has 0 aliphatic rings. The molecule has 0 amide bonds. The topological polar surface area (TPSA) is 49.9 Å². The fraction of sp³-hybridized carbons (Fsp3) is 0.400. The summed E-state index contributed by atoms with van der Waals surface area (Å²) in [6.07, 6.45) is 1.86. The van der Waals surface area contributed by atoms with Gasteiger partial charge in [0.15, 0.2) is 0 Å². The van der Waals surface area contributed by atoms with Crippen molar-refractivity contribution in [2.24, 2.45) is 5.92 Å². The van der Waals surface area contributed by atoms with Gasteiger partial charge in [-0.25, -0.2) is 4.98 Å². The second-order valence-electron chi connectivity index (χ2n) is 5.00. The van der Waals surface area contributed by atoms with Gasteiger partial charge in [-0.15, -0.1) is 0 Å². The van der Waals surface area contributed by atoms with E-state index in [4.69, 9.17) is 4.74 Å². The van der Waals surface area contributed by atoms with Crippen LogP contribution in [-0.4, -0.2) is 23.6 Å². The Balaban J connectivity index is 2.03. The first-order chi connectivity index (χ1) is 9.19. The lowest BCUT2D eigenvalue weighted by atomic mass is 10.1. The monoisotopic (exact) mass is 259 g/mol. The van der Waals surface area contributed by atoms with E-state index in [2.05, 4.69) is 29.1 Å². The number of nitrogens with one attached hydrogen (secondary N) is 2. The van der Waals surface area contributed by atoms with Gasteiger partial charge >= 0.3 is 0 Å². The van der Waals surface area contributed by atoms with E-state index in [9.17, 15) is 0 Å². The Kier molecular flexibility index (Phi) is 4.58. The first-order valence-corrected chi connectivity index (χ1v) is 6.58. The standard InChI is InChI=1S/C15H21N3O/c1-11(2)8-16-10-15-17-9-14(18-15)12-5-4-6-13(7-12)19-3/h4-7,9,11,16H,8,10H2,1-3H3,(H,17,18). The number of hydrogen-bond acceptors (Lipinski definition) is 3. The third kappa shape index (κ3) is 3.83. The van der Waals surface area contributed by atoms with Crippen LogP contribution < -0.4 is 10.1 Å². The number of hydrogen-bond donors (Lipinski definition) is 2. The fourth-order valence-corrected chi connectivity index (χ4v) is 1.87. The van der Waals surface area contributed by atoms with E-state index in [0.29, 0.717) is 5.92 Å². The highest BCUT2D eigenvalue weighted by Crippen LogP contribution is 2.21. The minimum absolute atomic E-state index is 0.646. The Labute approximate surface area is 114 Å². The lowest BCUT2D eigenvalue weighted by Crippen LogP contribution is -2.19. The van der Waals surface area contributed by atoms with E-state index in [0.717, 1.165) is 35.9 Å². The van der Waals surface area contributed by atoms with Crippen LogP contribution in [0.4, 0.5) is 0 Å². The summed E-state index contributed by atoms with van der Waals surface area (Å²) >= 11 is 0. The molecule has 4 nitrogen and oxygen atoms in total. The van der Waals surface area contributed by atoms with Gasteiger partial charge in [-0.05, 0) is 24.6 Å². The molecule has 0 bridgehead atoms. The molecule has 0 aliphatic heterocycles. The van der Waals surface area contributed by atoms with Crippen molar-refractivity contribution in [3.8, 4) is 17.0 Å². The van der Waals surface area contributed by atoms with Crippen molar-refractivity contribution in [2.75, 3.05) is 13.7 Å². The number of aromatic amines is 1. The lowest BCUT2D eigenvalue weighted by Gasteiger charge is -2.05. The van der Waals surface area contributed by atoms with E-state index >= 15 is 0 Å². The van der Waals surface area contributed by atoms with Crippen LogP contribution in [0.1, 0.15) is 19.7 Å². The lowest BCUT2D eigenvalue weighted by molar-refractivity contribution is 0.415. The Bertz CT molecular complexity index is 520. The van der Waals surface area contributed by atoms with E-state index in [1.165, 1.54) is 0 Å². The zero-order valence-electron chi connectivity index (χ0n) is 11.7. The van der Waals surface area contributed by atoms with Crippen molar-refractivity contribution in [3.63, 3.8) is 0 Å². The van der Waals surface area contributed by atoms with Gasteiger partial charge < -0.3 is 15.0 Å². The maximum atomic E-state index is 5.23. The molecule has 2 N–H and O–H groups in total. The van der Waals surface area contributed by atoms with Crippen LogP contribution in [0, 0.1) is 5.92 Å². The number of rotatable bonds is 6. The summed E-state index contributed by atoms with van der Waals surface area (Å²) in [5.74, 6) is 2.46. The number of aromatic nitrogens is 2. The number of H-pyrrole nitrogens is 1. The van der Waals surface area contributed by atoms with Crippen molar-refractivity contribution >= 4 is 0 Å². The summed E-state index contributed by atoms with van der Waals surface area (Å²) in [4.78, 5) is 7.71. The Morgan fingerprint density at radius 3 is 2.95 bits per heavy atom. The van der Waals surface area contributed by atoms with Crippen LogP contribution in [0.25, 0.3) is 11.3 Å². The second kappa shape index (κ2) is 6.38. The van der Waals surface area contributed by atoms with Gasteiger partial charge in [-0.1, -0.05) is 26.0 Å². The number of methoxy groups -OCH3 is 1. The molecule has 0 saturated carbocycles. The predicted octanol–water partition coefficient (Wildman–Crippen LogP) is 2.83. The first kappa shape index (κ1) is 13.6. The van der Waals surface area contributed by atoms with E-state index in [1.807, 2.05) is 30.5 Å². The predicted molar refractivity (Wildman–Crippen MR) is 77.1 cm³/mol. The molecule has 0 fully saturated rings. The summed E-state index contributed by atoms with van der Waals surface area (Å²) in [6.45, 7) is 6.14. The molecule has 0 radical (unpaired) electrons. The van der Waals surface area contributed by atoms with Gasteiger partial charge in [-0.3, -0.25) is 0 Å². The van der Waals surface area contributed by atoms with Crippen LogP contribution in [0.5, 0.6) is 5.75 Å². The van der Waals surface area contributed by atoms with E-state index < -0.39 is 0 Å². The van der Waals surface area contributed by atoms with Gasteiger partial charge in [0.05, 0.1) is 25.5 Å². The second-order valence-corrected chi connectivity index (χ2v) is 5.00. The Morgan fingerprint density at radius 2 is 2.21 bits per heavy atom. The summed E-state index contributed by atoms with van der Waals surface area (Å²) in [5, 5.41) is 3.37. The molecule has 4 heteroatoms. The molecule has 0 aliphatic carbocycles. The maximum absolute atomic E-state index is 5.23. The molecular formula is C15H21N3O. The van der Waals surface area contributed by atoms with Gasteiger partial charge in [0.1, 0.15) is 11.6 Å². The number of nitrogens with zero attached hydrogens (tertiary/aromatic N) is 1. The normalized spacial score (nSPS) is 10.9. The average Bonchev–Trinajstić information content (AvgIpc) is 2.87. The molecule has 1 aromatic carbocycles. The van der Waals surface area contributed by atoms with Crippen LogP contribution in [0.3, 0.4) is 0 Å². The van der Waals surface area contributed by atoms with Crippen molar-refractivity contribution in [2.45, 2.75) is 20.4 Å². The molecule has 1 aromatic heterocycles. The van der Waals surface area contributed by atoms with Gasteiger partial charge in [0.2, 0.25) is 0 Å².